The van der Waals surface area contributed by atoms with Crippen LogP contribution in [-0.2, 0) is 16.0 Å². The molecule has 204 valence electrons. The number of aliphatic hydroxyl groups excluding tert-OH is 2. The number of rotatable bonds is 10. The van der Waals surface area contributed by atoms with Crippen molar-refractivity contribution in [2.45, 2.75) is 51.6 Å². The Morgan fingerprint density at radius 3 is 2.70 bits per heavy atom. The average molecular weight is 534 g/mol. The van der Waals surface area contributed by atoms with Crippen molar-refractivity contribution in [2.24, 2.45) is 16.7 Å². The van der Waals surface area contributed by atoms with Crippen LogP contribution in [0.5, 0.6) is 11.5 Å². The van der Waals surface area contributed by atoms with Gasteiger partial charge >= 0.3 is 0 Å². The fourth-order valence-electron chi connectivity index (χ4n) is 6.28. The number of nitrogens with zero attached hydrogens (tertiary/aromatic N) is 1. The highest BCUT2D eigenvalue weighted by Gasteiger charge is 2.59. The molecule has 0 saturated heterocycles. The fraction of sp³-hybridized carbons (Fsp3) is 0.630. The molecule has 9 nitrogen and oxygen atoms in total. The molecular weight excluding hydrogens is 494 g/mol. The number of hydrogen-bond donors (Lipinski definition) is 4. The second kappa shape index (κ2) is 11.1. The van der Waals surface area contributed by atoms with Crippen molar-refractivity contribution in [1.82, 2.24) is 10.3 Å². The third-order valence-electron chi connectivity index (χ3n) is 8.56. The quantitative estimate of drug-likeness (QED) is 0.343. The Morgan fingerprint density at radius 2 is 2.03 bits per heavy atom. The monoisotopic (exact) mass is 533 g/mol. The van der Waals surface area contributed by atoms with E-state index in [0.717, 1.165) is 22.7 Å². The first-order chi connectivity index (χ1) is 17.7. The molecule has 10 heteroatoms. The maximum absolute atomic E-state index is 13.0. The van der Waals surface area contributed by atoms with E-state index in [1.54, 1.807) is 32.7 Å². The zero-order chi connectivity index (χ0) is 26.8. The summed E-state index contributed by atoms with van der Waals surface area (Å²) in [6.07, 6.45) is 1.72. The maximum atomic E-state index is 13.0. The van der Waals surface area contributed by atoms with E-state index in [2.05, 4.69) is 17.6 Å². The van der Waals surface area contributed by atoms with Crippen LogP contribution < -0.4 is 20.1 Å². The largest absolute Gasteiger partial charge is 0.497 e. The molecule has 1 fully saturated rings. The van der Waals surface area contributed by atoms with Gasteiger partial charge in [-0.25, -0.2) is 4.98 Å². The Bertz CT molecular complexity index is 1110. The van der Waals surface area contributed by atoms with Crippen LogP contribution in [0.4, 0.5) is 10.8 Å². The lowest BCUT2D eigenvalue weighted by atomic mass is 9.47. The summed E-state index contributed by atoms with van der Waals surface area (Å²) in [4.78, 5) is 19.1. The van der Waals surface area contributed by atoms with E-state index in [9.17, 15) is 15.0 Å². The number of thiazole rings is 1. The Labute approximate surface area is 222 Å². The number of anilines is 2. The summed E-state index contributed by atoms with van der Waals surface area (Å²) in [6.45, 7) is 4.96. The van der Waals surface area contributed by atoms with E-state index in [4.69, 9.17) is 19.2 Å². The molecule has 5 atom stereocenters. The normalized spacial score (nSPS) is 28.7. The van der Waals surface area contributed by atoms with Crippen LogP contribution in [0.25, 0.3) is 0 Å². The van der Waals surface area contributed by atoms with E-state index in [0.29, 0.717) is 42.6 Å². The van der Waals surface area contributed by atoms with Crippen LogP contribution in [0.15, 0.2) is 18.2 Å². The molecule has 1 aromatic heterocycles. The molecule has 1 aromatic carbocycles. The zero-order valence-corrected chi connectivity index (χ0v) is 23.1. The second-order valence-corrected chi connectivity index (χ2v) is 11.7. The molecule has 1 saturated carbocycles. The number of hydrogen-bond acceptors (Lipinski definition) is 9. The Hall–Kier alpha value is -2.40. The third-order valence-corrected chi connectivity index (χ3v) is 9.57. The van der Waals surface area contributed by atoms with Crippen LogP contribution >= 0.6 is 11.3 Å². The topological polar surface area (TPSA) is 122 Å². The van der Waals surface area contributed by atoms with Crippen LogP contribution in [0.2, 0.25) is 0 Å². The van der Waals surface area contributed by atoms with Gasteiger partial charge in [-0.1, -0.05) is 13.8 Å². The lowest BCUT2D eigenvalue weighted by Gasteiger charge is -2.58. The number of aromatic nitrogens is 1. The molecule has 1 heterocycles. The van der Waals surface area contributed by atoms with Crippen molar-refractivity contribution in [3.05, 3.63) is 28.8 Å². The highest BCUT2D eigenvalue weighted by molar-refractivity contribution is 7.15. The van der Waals surface area contributed by atoms with Crippen molar-refractivity contribution in [3.8, 4) is 11.5 Å². The van der Waals surface area contributed by atoms with Gasteiger partial charge in [-0.05, 0) is 42.7 Å². The Kier molecular flexibility index (Phi) is 8.32. The van der Waals surface area contributed by atoms with Gasteiger partial charge in [0.2, 0.25) is 5.91 Å². The van der Waals surface area contributed by atoms with Crippen molar-refractivity contribution in [1.29, 1.82) is 0 Å². The summed E-state index contributed by atoms with van der Waals surface area (Å²) in [7, 11) is 4.84. The summed E-state index contributed by atoms with van der Waals surface area (Å²) in [5.74, 6) is 1.16. The number of carbonyl (C=O) groups is 1. The first-order valence-electron chi connectivity index (χ1n) is 12.7. The van der Waals surface area contributed by atoms with Gasteiger partial charge in [-0.3, -0.25) is 4.79 Å². The van der Waals surface area contributed by atoms with Gasteiger partial charge < -0.3 is 35.1 Å². The molecule has 0 aliphatic heterocycles. The van der Waals surface area contributed by atoms with Gasteiger partial charge in [0.25, 0.3) is 0 Å². The number of aliphatic hydroxyl groups is 2. The predicted molar refractivity (Wildman–Crippen MR) is 143 cm³/mol. The third kappa shape index (κ3) is 5.16. The van der Waals surface area contributed by atoms with E-state index >= 15 is 0 Å². The minimum atomic E-state index is -0.664. The number of ether oxygens (including phenoxy) is 3. The molecule has 5 unspecified atom stereocenters. The van der Waals surface area contributed by atoms with Gasteiger partial charge in [0.15, 0.2) is 5.13 Å². The molecule has 4 rings (SSSR count). The smallest absolute Gasteiger partial charge is 0.220 e. The number of fused-ring (bicyclic) bond motifs is 2. The summed E-state index contributed by atoms with van der Waals surface area (Å²) >= 11 is 1.55. The van der Waals surface area contributed by atoms with E-state index in [-0.39, 0.29) is 36.2 Å². The lowest BCUT2D eigenvalue weighted by Crippen LogP contribution is -2.57. The standard InChI is InChI=1S/C27H39N3O6S/c1-26-9-8-22(32)27(2,15-31)21(26)14-20-24(17(26)13-23(33)28-10-11-34-3)30-25(37-20)29-18-12-16(35-4)6-7-19(18)36-5/h6-7,12,17,21-22,31-32H,8-11,13-15H2,1-5H3,(H,28,33)(H,29,30). The van der Waals surface area contributed by atoms with Crippen molar-refractivity contribution in [2.75, 3.05) is 46.4 Å². The van der Waals surface area contributed by atoms with Crippen LogP contribution in [0, 0.1) is 16.7 Å². The van der Waals surface area contributed by atoms with Crippen LogP contribution in [0.3, 0.4) is 0 Å². The second-order valence-electron chi connectivity index (χ2n) is 10.6. The zero-order valence-electron chi connectivity index (χ0n) is 22.3. The van der Waals surface area contributed by atoms with Gasteiger partial charge in [0.05, 0.1) is 44.9 Å². The van der Waals surface area contributed by atoms with Crippen molar-refractivity contribution in [3.63, 3.8) is 0 Å². The van der Waals surface area contributed by atoms with Gasteiger partial charge in [-0.2, -0.15) is 0 Å². The summed E-state index contributed by atoms with van der Waals surface area (Å²) in [6, 6.07) is 5.54. The number of methoxy groups -OCH3 is 3. The maximum Gasteiger partial charge on any atom is 0.220 e. The minimum absolute atomic E-state index is 0.00215. The lowest BCUT2D eigenvalue weighted by molar-refractivity contribution is -0.144. The van der Waals surface area contributed by atoms with Crippen molar-refractivity contribution < 1.29 is 29.2 Å². The summed E-state index contributed by atoms with van der Waals surface area (Å²) < 4.78 is 16.0. The predicted octanol–water partition coefficient (Wildman–Crippen LogP) is 3.47. The molecule has 1 amide bonds. The average Bonchev–Trinajstić information content (AvgIpc) is 3.29. The highest BCUT2D eigenvalue weighted by Crippen LogP contribution is 2.63. The SMILES string of the molecule is COCCNC(=O)CC1c2nc(Nc3cc(OC)ccc3OC)sc2CC2C(C)(CO)C(O)CCC12C. The van der Waals surface area contributed by atoms with E-state index in [1.807, 2.05) is 25.1 Å². The molecule has 37 heavy (non-hydrogen) atoms. The van der Waals surface area contributed by atoms with Crippen molar-refractivity contribution >= 4 is 28.1 Å². The fourth-order valence-corrected chi connectivity index (χ4v) is 7.36. The van der Waals surface area contributed by atoms with Gasteiger partial charge in [-0.15, -0.1) is 11.3 Å². The number of amides is 1. The van der Waals surface area contributed by atoms with Crippen LogP contribution in [-0.4, -0.2) is 68.3 Å². The number of carbonyl (C=O) groups excluding carboxylic acids is 1. The van der Waals surface area contributed by atoms with E-state index in [1.165, 1.54) is 0 Å². The molecular formula is C27H39N3O6S. The first kappa shape index (κ1) is 27.6. The van der Waals surface area contributed by atoms with E-state index < -0.39 is 11.5 Å². The molecule has 4 N–H and O–H groups in total. The summed E-state index contributed by atoms with van der Waals surface area (Å²) in [5, 5.41) is 28.4. The number of benzene rings is 1. The molecule has 2 aliphatic rings. The molecule has 0 spiro atoms. The highest BCUT2D eigenvalue weighted by atomic mass is 32.1. The minimum Gasteiger partial charge on any atom is -0.497 e. The Morgan fingerprint density at radius 1 is 1.24 bits per heavy atom. The van der Waals surface area contributed by atoms with Gasteiger partial charge in [0.1, 0.15) is 11.5 Å². The first-order valence-corrected chi connectivity index (χ1v) is 13.5. The molecule has 2 aliphatic carbocycles. The van der Waals surface area contributed by atoms with Gasteiger partial charge in [0, 0.05) is 42.4 Å². The molecule has 2 aromatic rings. The molecule has 0 radical (unpaired) electrons. The summed E-state index contributed by atoms with van der Waals surface area (Å²) in [5.41, 5.74) is 0.692. The molecule has 0 bridgehead atoms. The number of nitrogens with one attached hydrogen (secondary N) is 2. The Balaban J connectivity index is 1.72. The van der Waals surface area contributed by atoms with Crippen LogP contribution in [0.1, 0.15) is 49.6 Å².